The Labute approximate surface area is 118 Å². The minimum atomic E-state index is -0.483. The van der Waals surface area contributed by atoms with Crippen LogP contribution in [0.2, 0.25) is 0 Å². The molecule has 3 heteroatoms. The maximum atomic E-state index is 13.7. The highest BCUT2D eigenvalue weighted by Crippen LogP contribution is 2.10. The second-order valence-corrected chi connectivity index (χ2v) is 4.84. The monoisotopic (exact) mass is 271 g/mol. The molecule has 0 saturated carbocycles. The molecule has 2 aromatic rings. The summed E-state index contributed by atoms with van der Waals surface area (Å²) in [4.78, 5) is 11.9. The smallest absolute Gasteiger partial charge is 0.254 e. The van der Waals surface area contributed by atoms with Gasteiger partial charge in [-0.2, -0.15) is 0 Å². The maximum absolute atomic E-state index is 13.7. The molecular formula is C17H18FNO. The lowest BCUT2D eigenvalue weighted by atomic mass is 10.1. The van der Waals surface area contributed by atoms with Crippen LogP contribution in [0.5, 0.6) is 0 Å². The van der Waals surface area contributed by atoms with Crippen LogP contribution in [0.15, 0.2) is 42.5 Å². The van der Waals surface area contributed by atoms with Gasteiger partial charge in [-0.25, -0.2) is 4.39 Å². The van der Waals surface area contributed by atoms with E-state index in [4.69, 9.17) is 0 Å². The van der Waals surface area contributed by atoms with Gasteiger partial charge >= 0.3 is 0 Å². The number of benzene rings is 2. The topological polar surface area (TPSA) is 29.1 Å². The van der Waals surface area contributed by atoms with Gasteiger partial charge in [0.2, 0.25) is 0 Å². The zero-order chi connectivity index (χ0) is 14.5. The van der Waals surface area contributed by atoms with E-state index in [0.717, 1.165) is 17.5 Å². The Morgan fingerprint density at radius 1 is 1.10 bits per heavy atom. The molecule has 20 heavy (non-hydrogen) atoms. The van der Waals surface area contributed by atoms with Gasteiger partial charge in [-0.3, -0.25) is 4.79 Å². The molecule has 0 bridgehead atoms. The summed E-state index contributed by atoms with van der Waals surface area (Å²) >= 11 is 0. The quantitative estimate of drug-likeness (QED) is 0.904. The van der Waals surface area contributed by atoms with Crippen molar-refractivity contribution in [2.24, 2.45) is 0 Å². The number of aryl methyl sites for hydroxylation is 2. The number of hydrogen-bond acceptors (Lipinski definition) is 1. The first-order chi connectivity index (χ1) is 9.60. The lowest BCUT2D eigenvalue weighted by Crippen LogP contribution is -2.23. The Morgan fingerprint density at radius 3 is 2.35 bits per heavy atom. The third-order valence-electron chi connectivity index (χ3n) is 3.25. The summed E-state index contributed by atoms with van der Waals surface area (Å²) in [6.45, 7) is 4.28. The van der Waals surface area contributed by atoms with E-state index in [1.807, 2.05) is 24.3 Å². The zero-order valence-electron chi connectivity index (χ0n) is 11.7. The normalized spacial score (nSPS) is 10.3. The van der Waals surface area contributed by atoms with E-state index in [1.165, 1.54) is 17.7 Å². The first-order valence-electron chi connectivity index (χ1n) is 6.72. The average molecular weight is 271 g/mol. The van der Waals surface area contributed by atoms with Gasteiger partial charge in [-0.15, -0.1) is 0 Å². The van der Waals surface area contributed by atoms with Crippen molar-refractivity contribution in [2.45, 2.75) is 26.8 Å². The molecule has 0 heterocycles. The molecule has 1 amide bonds. The molecule has 104 valence electrons. The Balaban J connectivity index is 2.00. The van der Waals surface area contributed by atoms with Gasteiger partial charge in [0, 0.05) is 6.54 Å². The molecule has 0 fully saturated rings. The minimum Gasteiger partial charge on any atom is -0.348 e. The Kier molecular flexibility index (Phi) is 4.51. The fourth-order valence-corrected chi connectivity index (χ4v) is 1.97. The van der Waals surface area contributed by atoms with Crippen LogP contribution in [-0.4, -0.2) is 5.91 Å². The predicted octanol–water partition coefficient (Wildman–Crippen LogP) is 3.63. The number of carbonyl (C=O) groups is 1. The molecule has 1 N–H and O–H groups in total. The van der Waals surface area contributed by atoms with E-state index >= 15 is 0 Å². The fourth-order valence-electron chi connectivity index (χ4n) is 1.97. The van der Waals surface area contributed by atoms with Crippen molar-refractivity contribution >= 4 is 5.91 Å². The van der Waals surface area contributed by atoms with Crippen LogP contribution in [0, 0.1) is 12.7 Å². The van der Waals surface area contributed by atoms with Crippen molar-refractivity contribution in [3.8, 4) is 0 Å². The van der Waals surface area contributed by atoms with E-state index in [1.54, 1.807) is 13.0 Å². The molecule has 0 aliphatic carbocycles. The van der Waals surface area contributed by atoms with Crippen molar-refractivity contribution in [1.29, 1.82) is 0 Å². The molecule has 0 atom stereocenters. The van der Waals surface area contributed by atoms with Gasteiger partial charge in [-0.05, 0) is 42.2 Å². The Morgan fingerprint density at radius 2 is 1.75 bits per heavy atom. The first kappa shape index (κ1) is 14.3. The van der Waals surface area contributed by atoms with Crippen molar-refractivity contribution in [3.05, 3.63) is 70.5 Å². The molecule has 2 aromatic carbocycles. The summed E-state index contributed by atoms with van der Waals surface area (Å²) in [7, 11) is 0. The molecule has 2 nitrogen and oxygen atoms in total. The zero-order valence-corrected chi connectivity index (χ0v) is 11.7. The highest BCUT2D eigenvalue weighted by atomic mass is 19.1. The van der Waals surface area contributed by atoms with E-state index in [2.05, 4.69) is 12.2 Å². The Hall–Kier alpha value is -2.16. The van der Waals surface area contributed by atoms with Crippen LogP contribution in [0.4, 0.5) is 4.39 Å². The second-order valence-electron chi connectivity index (χ2n) is 4.84. The van der Waals surface area contributed by atoms with Crippen LogP contribution in [0.25, 0.3) is 0 Å². The number of amides is 1. The van der Waals surface area contributed by atoms with Gasteiger partial charge in [-0.1, -0.05) is 37.3 Å². The van der Waals surface area contributed by atoms with Gasteiger partial charge in [0.1, 0.15) is 5.82 Å². The van der Waals surface area contributed by atoms with Crippen LogP contribution in [0.3, 0.4) is 0 Å². The molecule has 0 unspecified atom stereocenters. The maximum Gasteiger partial charge on any atom is 0.254 e. The molecule has 2 rings (SSSR count). The number of nitrogens with one attached hydrogen (secondary N) is 1. The average Bonchev–Trinajstić information content (AvgIpc) is 2.45. The van der Waals surface area contributed by atoms with Crippen molar-refractivity contribution in [1.82, 2.24) is 5.32 Å². The van der Waals surface area contributed by atoms with Crippen molar-refractivity contribution in [3.63, 3.8) is 0 Å². The SMILES string of the molecule is CCc1ccc(CNC(=O)c2ccc(C)cc2F)cc1. The van der Waals surface area contributed by atoms with Crippen LogP contribution >= 0.6 is 0 Å². The fraction of sp³-hybridized carbons (Fsp3) is 0.235. The molecule has 0 spiro atoms. The highest BCUT2D eigenvalue weighted by Gasteiger charge is 2.10. The summed E-state index contributed by atoms with van der Waals surface area (Å²) < 4.78 is 13.7. The third kappa shape index (κ3) is 3.44. The number of halogens is 1. The lowest BCUT2D eigenvalue weighted by Gasteiger charge is -2.07. The van der Waals surface area contributed by atoms with Crippen LogP contribution < -0.4 is 5.32 Å². The molecular weight excluding hydrogens is 253 g/mol. The lowest BCUT2D eigenvalue weighted by molar-refractivity contribution is 0.0947. The standard InChI is InChI=1S/C17H18FNO/c1-3-13-5-7-14(8-6-13)11-19-17(20)15-9-4-12(2)10-16(15)18/h4-10H,3,11H2,1-2H3,(H,19,20). The summed E-state index contributed by atoms with van der Waals surface area (Å²) in [5.74, 6) is -0.870. The van der Waals surface area contributed by atoms with E-state index in [9.17, 15) is 9.18 Å². The van der Waals surface area contributed by atoms with Crippen molar-refractivity contribution < 1.29 is 9.18 Å². The molecule has 0 aliphatic rings. The van der Waals surface area contributed by atoms with Crippen molar-refractivity contribution in [2.75, 3.05) is 0 Å². The van der Waals surface area contributed by atoms with Crippen LogP contribution in [-0.2, 0) is 13.0 Å². The summed E-state index contributed by atoms with van der Waals surface area (Å²) in [5, 5.41) is 2.73. The second kappa shape index (κ2) is 6.33. The van der Waals surface area contributed by atoms with E-state index < -0.39 is 5.82 Å². The van der Waals surface area contributed by atoms with Gasteiger partial charge in [0.25, 0.3) is 5.91 Å². The first-order valence-corrected chi connectivity index (χ1v) is 6.72. The highest BCUT2D eigenvalue weighted by molar-refractivity contribution is 5.94. The summed E-state index contributed by atoms with van der Waals surface area (Å²) in [6.07, 6.45) is 0.987. The van der Waals surface area contributed by atoms with E-state index in [-0.39, 0.29) is 11.5 Å². The molecule has 0 saturated heterocycles. The van der Waals surface area contributed by atoms with Gasteiger partial charge in [0.15, 0.2) is 0 Å². The van der Waals surface area contributed by atoms with Gasteiger partial charge in [0.05, 0.1) is 5.56 Å². The summed E-state index contributed by atoms with van der Waals surface area (Å²) in [6, 6.07) is 12.6. The minimum absolute atomic E-state index is 0.0841. The van der Waals surface area contributed by atoms with E-state index in [0.29, 0.717) is 6.54 Å². The number of rotatable bonds is 4. The number of carbonyl (C=O) groups excluding carboxylic acids is 1. The Bertz CT molecular complexity index is 605. The van der Waals surface area contributed by atoms with Gasteiger partial charge < -0.3 is 5.32 Å². The predicted molar refractivity (Wildman–Crippen MR) is 78.1 cm³/mol. The van der Waals surface area contributed by atoms with Crippen LogP contribution in [0.1, 0.15) is 34.0 Å². The summed E-state index contributed by atoms with van der Waals surface area (Å²) in [5.41, 5.74) is 3.14. The number of hydrogen-bond donors (Lipinski definition) is 1. The molecule has 0 radical (unpaired) electrons. The molecule has 0 aromatic heterocycles. The third-order valence-corrected chi connectivity index (χ3v) is 3.25. The molecule has 0 aliphatic heterocycles. The largest absolute Gasteiger partial charge is 0.348 e.